The second-order valence-electron chi connectivity index (χ2n) is 1.00. The Balaban J connectivity index is -0.0000000836. The van der Waals surface area contributed by atoms with Crippen molar-refractivity contribution in [2.75, 3.05) is 0 Å². The van der Waals surface area contributed by atoms with Gasteiger partial charge in [0.15, 0.2) is 0 Å². The van der Waals surface area contributed by atoms with Crippen LogP contribution in [0.2, 0.25) is 0 Å². The molecule has 0 unspecified atom stereocenters. The van der Waals surface area contributed by atoms with E-state index in [1.807, 2.05) is 12.2 Å². The van der Waals surface area contributed by atoms with Crippen LogP contribution in [-0.2, 0) is 21.1 Å². The summed E-state index contributed by atoms with van der Waals surface area (Å²) < 4.78 is 0. The van der Waals surface area contributed by atoms with E-state index in [0.29, 0.717) is 0 Å². The van der Waals surface area contributed by atoms with E-state index in [-0.39, 0.29) is 28.5 Å². The summed E-state index contributed by atoms with van der Waals surface area (Å²) in [7, 11) is 0. The second kappa shape index (κ2) is 15.7. The molecule has 0 fully saturated rings. The molecule has 0 amide bonds. The molecule has 0 N–H and O–H groups in total. The van der Waals surface area contributed by atoms with Gasteiger partial charge in [-0.3, -0.25) is 6.08 Å². The van der Waals surface area contributed by atoms with Crippen molar-refractivity contribution in [1.29, 1.82) is 0 Å². The molecule has 0 saturated carbocycles. The normalized spacial score (nSPS) is 10.2. The van der Waals surface area contributed by atoms with E-state index >= 15 is 0 Å². The van der Waals surface area contributed by atoms with Crippen molar-refractivity contribution in [2.24, 2.45) is 0 Å². The molecular weight excluding hydrogens is 286 g/mol. The van der Waals surface area contributed by atoms with Gasteiger partial charge in [0, 0.05) is 21.1 Å². The molecule has 9 heavy (non-hydrogen) atoms. The topological polar surface area (TPSA) is 39.4 Å². The van der Waals surface area contributed by atoms with Crippen molar-refractivity contribution < 1.29 is 21.1 Å². The van der Waals surface area contributed by atoms with Gasteiger partial charge in [0.2, 0.25) is 0 Å². The predicted octanol–water partition coefficient (Wildman–Crippen LogP) is 2.08. The molecular formula is C6H8NOW-3. The van der Waals surface area contributed by atoms with Gasteiger partial charge < -0.3 is 17.9 Å². The summed E-state index contributed by atoms with van der Waals surface area (Å²) >= 11 is 0. The van der Waals surface area contributed by atoms with E-state index < -0.39 is 0 Å². The number of hydrogen-bond donors (Lipinski definition) is 0. The van der Waals surface area contributed by atoms with Gasteiger partial charge in [-0.15, -0.1) is 6.42 Å². The van der Waals surface area contributed by atoms with Crippen LogP contribution in [0.5, 0.6) is 0 Å². The number of allylic oxidation sites excluding steroid dienone is 4. The van der Waals surface area contributed by atoms with E-state index in [4.69, 9.17) is 10.5 Å². The Morgan fingerprint density at radius 2 is 2.00 bits per heavy atom. The summed E-state index contributed by atoms with van der Waals surface area (Å²) in [4.78, 5) is 7.25. The number of rotatable bonds is 0. The van der Waals surface area contributed by atoms with Gasteiger partial charge in [-0.2, -0.15) is 6.08 Å². The summed E-state index contributed by atoms with van der Waals surface area (Å²) in [6.45, 7) is 0. The van der Waals surface area contributed by atoms with Gasteiger partial charge in [0.25, 0.3) is 0 Å². The Bertz CT molecular complexity index is 81.1. The quantitative estimate of drug-likeness (QED) is 0.630. The maximum Gasteiger partial charge on any atom is 0 e. The van der Waals surface area contributed by atoms with Crippen LogP contribution < -0.4 is 0 Å². The fourth-order valence-electron chi connectivity index (χ4n) is 0.340. The molecule has 1 aliphatic rings. The van der Waals surface area contributed by atoms with Crippen molar-refractivity contribution in [1.82, 2.24) is 0 Å². The molecule has 0 saturated heterocycles. The van der Waals surface area contributed by atoms with Crippen LogP contribution in [0.1, 0.15) is 6.42 Å². The molecule has 0 bridgehead atoms. The molecule has 0 aliphatic heterocycles. The molecule has 1 aliphatic carbocycles. The fourth-order valence-corrected chi connectivity index (χ4v) is 0.340. The van der Waals surface area contributed by atoms with Crippen LogP contribution in [0.15, 0.2) is 18.2 Å². The third-order valence-corrected chi connectivity index (χ3v) is 0.586. The smallest absolute Gasteiger partial charge is 0 e. The Morgan fingerprint density at radius 1 is 1.44 bits per heavy atom. The summed E-state index contributed by atoms with van der Waals surface area (Å²) in [5.74, 6) is 0. The van der Waals surface area contributed by atoms with Gasteiger partial charge in [-0.25, -0.2) is 12.2 Å². The molecule has 0 aromatic carbocycles. The Kier molecular flexibility index (Phi) is 27.7. The van der Waals surface area contributed by atoms with Gasteiger partial charge in [-0.1, -0.05) is 0 Å². The molecule has 0 heterocycles. The van der Waals surface area contributed by atoms with E-state index in [1.54, 1.807) is 0 Å². The molecule has 0 aromatic heterocycles. The first-order valence-corrected chi connectivity index (χ1v) is 1.90. The van der Waals surface area contributed by atoms with Gasteiger partial charge in [0.1, 0.15) is 0 Å². The zero-order valence-corrected chi connectivity index (χ0v) is 8.14. The Morgan fingerprint density at radius 3 is 2.11 bits per heavy atom. The van der Waals surface area contributed by atoms with Crippen molar-refractivity contribution in [2.45, 2.75) is 6.42 Å². The van der Waals surface area contributed by atoms with Crippen LogP contribution >= 0.6 is 0 Å². The molecule has 3 heteroatoms. The van der Waals surface area contributed by atoms with Crippen LogP contribution in [0.25, 0.3) is 5.59 Å². The first-order chi connectivity index (χ1) is 3.50. The maximum absolute atomic E-state index is 7.25. The molecule has 0 spiro atoms. The molecule has 1 rings (SSSR count). The summed E-state index contributed by atoms with van der Waals surface area (Å²) in [5.41, 5.74) is 5.75. The van der Waals surface area contributed by atoms with E-state index in [0.717, 1.165) is 6.42 Å². The minimum Gasteiger partial charge on any atom is -0.577 e. The molecule has 2 nitrogen and oxygen atoms in total. The third-order valence-electron chi connectivity index (χ3n) is 0.586. The summed E-state index contributed by atoms with van der Waals surface area (Å²) in [5, 5.41) is 0. The van der Waals surface area contributed by atoms with Crippen LogP contribution in [-0.4, -0.2) is 0 Å². The fraction of sp³-hybridized carbons (Fsp3) is 0.167. The minimum atomic E-state index is 0. The standard InChI is InChI=1S/C5H5.CH3.NO.W/c1-2-4-5-3-1;;1-2;/h1-3H,4H2;1H3;;/q3*-1;. The predicted molar refractivity (Wildman–Crippen MR) is 34.7 cm³/mol. The molecule has 52 valence electrons. The maximum atomic E-state index is 7.25. The van der Waals surface area contributed by atoms with E-state index in [2.05, 4.69) is 12.2 Å². The van der Waals surface area contributed by atoms with Crippen molar-refractivity contribution in [3.63, 3.8) is 0 Å². The second-order valence-corrected chi connectivity index (χ2v) is 1.00. The van der Waals surface area contributed by atoms with E-state index in [9.17, 15) is 0 Å². The number of nitroso groups, excluding NO2 is 1. The molecule has 0 atom stereocenters. The average molecular weight is 294 g/mol. The van der Waals surface area contributed by atoms with Crippen LogP contribution in [0.4, 0.5) is 0 Å². The third kappa shape index (κ3) is 11.4. The minimum absolute atomic E-state index is 0. The zero-order chi connectivity index (χ0) is 5.54. The zero-order valence-electron chi connectivity index (χ0n) is 5.20. The van der Waals surface area contributed by atoms with E-state index in [1.165, 1.54) is 0 Å². The average Bonchev–Trinajstić information content (AvgIpc) is 2.23. The monoisotopic (exact) mass is 294 g/mol. The van der Waals surface area contributed by atoms with Gasteiger partial charge in [-0.05, 0) is 0 Å². The number of nitrogens with zero attached hydrogens (tertiary/aromatic N) is 1. The Hall–Kier alpha value is -0.232. The number of hydrogen-bond acceptors (Lipinski definition) is 1. The van der Waals surface area contributed by atoms with Crippen molar-refractivity contribution in [3.05, 3.63) is 42.2 Å². The summed E-state index contributed by atoms with van der Waals surface area (Å²) in [6, 6.07) is 0. The molecule has 0 radical (unpaired) electrons. The first kappa shape index (κ1) is 15.9. The van der Waals surface area contributed by atoms with Crippen LogP contribution in [0.3, 0.4) is 0 Å². The first-order valence-electron chi connectivity index (χ1n) is 1.90. The SMILES string of the molecule is [C-]1=CC=CC1.[CH3-].[N-]=O.[W]. The molecule has 0 aromatic rings. The van der Waals surface area contributed by atoms with Crippen LogP contribution in [0, 0.1) is 18.4 Å². The largest absolute Gasteiger partial charge is 0.577 e. The van der Waals surface area contributed by atoms with Crippen molar-refractivity contribution >= 4 is 0 Å². The summed E-state index contributed by atoms with van der Waals surface area (Å²) in [6.07, 6.45) is 10.0. The van der Waals surface area contributed by atoms with Crippen molar-refractivity contribution in [3.8, 4) is 0 Å². The van der Waals surface area contributed by atoms with Gasteiger partial charge >= 0.3 is 0 Å². The van der Waals surface area contributed by atoms with Gasteiger partial charge in [0.05, 0.1) is 0 Å². The Labute approximate surface area is 70.1 Å².